The Morgan fingerprint density at radius 2 is 1.74 bits per heavy atom. The van der Waals surface area contributed by atoms with Crippen molar-refractivity contribution < 1.29 is 13.5 Å². The van der Waals surface area contributed by atoms with E-state index in [9.17, 15) is 13.5 Å². The van der Waals surface area contributed by atoms with Gasteiger partial charge in [0.15, 0.2) is 0 Å². The number of nitrogens with zero attached hydrogens (tertiary/aromatic N) is 3. The summed E-state index contributed by atoms with van der Waals surface area (Å²) in [5.74, 6) is 7.14. The lowest BCUT2D eigenvalue weighted by Crippen LogP contribution is -2.63. The highest BCUT2D eigenvalue weighted by Crippen LogP contribution is 2.50. The molecule has 188 valence electrons. The van der Waals surface area contributed by atoms with Gasteiger partial charge < -0.3 is 10.0 Å². The van der Waals surface area contributed by atoms with E-state index in [4.69, 9.17) is 0 Å². The molecule has 7 heteroatoms. The topological polar surface area (TPSA) is 73.7 Å². The number of pyridine rings is 1. The van der Waals surface area contributed by atoms with E-state index in [1.54, 1.807) is 12.4 Å². The number of hydrogen-bond donors (Lipinski definition) is 1. The van der Waals surface area contributed by atoms with E-state index in [0.29, 0.717) is 19.0 Å². The van der Waals surface area contributed by atoms with Crippen LogP contribution in [0.3, 0.4) is 0 Å². The first-order chi connectivity index (χ1) is 16.4. The van der Waals surface area contributed by atoms with E-state index >= 15 is 0 Å². The summed E-state index contributed by atoms with van der Waals surface area (Å²) in [6.07, 6.45) is 6.21. The van der Waals surface area contributed by atoms with Crippen LogP contribution in [-0.2, 0) is 15.6 Å². The zero-order chi connectivity index (χ0) is 25.4. The number of rotatable bonds is 5. The molecular formula is C28H37N3O3S. The molecule has 4 rings (SSSR count). The molecule has 1 N–H and O–H groups in total. The fourth-order valence-electron chi connectivity index (χ4n) is 5.57. The van der Waals surface area contributed by atoms with Gasteiger partial charge in [-0.2, -0.15) is 0 Å². The first-order valence-corrected chi connectivity index (χ1v) is 14.2. The van der Waals surface area contributed by atoms with Gasteiger partial charge in [0.25, 0.3) is 0 Å². The van der Waals surface area contributed by atoms with Crippen LogP contribution in [0, 0.1) is 23.2 Å². The Labute approximate surface area is 210 Å². The average Bonchev–Trinajstić information content (AvgIpc) is 2.81. The van der Waals surface area contributed by atoms with Gasteiger partial charge in [0.05, 0.1) is 6.26 Å². The Morgan fingerprint density at radius 3 is 2.29 bits per heavy atom. The SMILES string of the molecule is CC(C)c1ccc(C(O)(c2cncc(C#CC3CCN(S(C)(=O)=O)CC3)c2)C2(C)CN(C)C2)cc1. The molecular weight excluding hydrogens is 458 g/mol. The highest BCUT2D eigenvalue weighted by Gasteiger charge is 2.55. The molecule has 2 saturated heterocycles. The smallest absolute Gasteiger partial charge is 0.211 e. The Morgan fingerprint density at radius 1 is 1.11 bits per heavy atom. The molecule has 2 fully saturated rings. The van der Waals surface area contributed by atoms with Crippen molar-refractivity contribution in [1.82, 2.24) is 14.2 Å². The Balaban J connectivity index is 1.63. The Bertz CT molecular complexity index is 1220. The molecule has 0 bridgehead atoms. The van der Waals surface area contributed by atoms with Crippen molar-refractivity contribution in [2.45, 2.75) is 45.1 Å². The number of hydrogen-bond acceptors (Lipinski definition) is 5. The minimum Gasteiger partial charge on any atom is -0.380 e. The molecule has 1 atom stereocenters. The summed E-state index contributed by atoms with van der Waals surface area (Å²) < 4.78 is 25.0. The Kier molecular flexibility index (Phi) is 7.14. The van der Waals surface area contributed by atoms with Crippen molar-refractivity contribution in [3.05, 3.63) is 65.0 Å². The fourth-order valence-corrected chi connectivity index (χ4v) is 6.44. The first-order valence-electron chi connectivity index (χ1n) is 12.4. The zero-order valence-electron chi connectivity index (χ0n) is 21.5. The number of aliphatic hydroxyl groups is 1. The second-order valence-electron chi connectivity index (χ2n) is 10.9. The molecule has 0 radical (unpaired) electrons. The van der Waals surface area contributed by atoms with E-state index < -0.39 is 15.6 Å². The number of benzene rings is 1. The molecule has 35 heavy (non-hydrogen) atoms. The van der Waals surface area contributed by atoms with Gasteiger partial charge in [-0.3, -0.25) is 4.98 Å². The van der Waals surface area contributed by atoms with Crippen molar-refractivity contribution in [2.24, 2.45) is 11.3 Å². The van der Waals surface area contributed by atoms with Crippen LogP contribution in [-0.4, -0.2) is 67.2 Å². The standard InChI is InChI=1S/C28H37N3O3S/c1-21(2)24-8-10-25(11-9-24)28(32,27(3)19-30(4)20-27)26-16-23(17-29-18-26)7-6-22-12-14-31(15-13-22)35(5,33)34/h8-11,16-18,21-22,32H,12-15,19-20H2,1-5H3. The lowest BCUT2D eigenvalue weighted by Gasteiger charge is -2.55. The molecule has 6 nitrogen and oxygen atoms in total. The maximum Gasteiger partial charge on any atom is 0.211 e. The third kappa shape index (κ3) is 5.17. The summed E-state index contributed by atoms with van der Waals surface area (Å²) in [5.41, 5.74) is 2.09. The number of aromatic nitrogens is 1. The second kappa shape index (κ2) is 9.67. The molecule has 0 amide bonds. The summed E-state index contributed by atoms with van der Waals surface area (Å²) >= 11 is 0. The summed E-state index contributed by atoms with van der Waals surface area (Å²) in [7, 11) is -1.07. The van der Waals surface area contributed by atoms with Gasteiger partial charge in [0, 0.05) is 61.0 Å². The fraction of sp³-hybridized carbons (Fsp3) is 0.536. The highest BCUT2D eigenvalue weighted by molar-refractivity contribution is 7.88. The van der Waals surface area contributed by atoms with Crippen molar-refractivity contribution >= 4 is 10.0 Å². The first kappa shape index (κ1) is 25.8. The van der Waals surface area contributed by atoms with Crippen LogP contribution in [0.2, 0.25) is 0 Å². The van der Waals surface area contributed by atoms with Gasteiger partial charge in [-0.25, -0.2) is 12.7 Å². The van der Waals surface area contributed by atoms with E-state index in [1.165, 1.54) is 16.1 Å². The van der Waals surface area contributed by atoms with Crippen LogP contribution in [0.15, 0.2) is 42.7 Å². The molecule has 1 unspecified atom stereocenters. The zero-order valence-corrected chi connectivity index (χ0v) is 22.3. The van der Waals surface area contributed by atoms with E-state index in [2.05, 4.69) is 61.7 Å². The van der Waals surface area contributed by atoms with Crippen LogP contribution in [0.4, 0.5) is 0 Å². The number of sulfonamides is 1. The molecule has 3 heterocycles. The Hall–Kier alpha value is -2.24. The second-order valence-corrected chi connectivity index (χ2v) is 12.9. The third-order valence-electron chi connectivity index (χ3n) is 7.61. The molecule has 2 aromatic rings. The monoisotopic (exact) mass is 495 g/mol. The lowest BCUT2D eigenvalue weighted by molar-refractivity contribution is -0.127. The van der Waals surface area contributed by atoms with Gasteiger partial charge in [-0.15, -0.1) is 0 Å². The van der Waals surface area contributed by atoms with Crippen LogP contribution >= 0.6 is 0 Å². The largest absolute Gasteiger partial charge is 0.380 e. The minimum absolute atomic E-state index is 0.150. The quantitative estimate of drug-likeness (QED) is 0.644. The molecule has 1 aromatic carbocycles. The van der Waals surface area contributed by atoms with E-state index in [0.717, 1.165) is 42.6 Å². The van der Waals surface area contributed by atoms with E-state index in [-0.39, 0.29) is 11.3 Å². The molecule has 1 aromatic heterocycles. The van der Waals surface area contributed by atoms with Crippen LogP contribution < -0.4 is 0 Å². The van der Waals surface area contributed by atoms with Gasteiger partial charge in [-0.1, -0.05) is 56.9 Å². The summed E-state index contributed by atoms with van der Waals surface area (Å²) in [4.78, 5) is 6.67. The third-order valence-corrected chi connectivity index (χ3v) is 8.91. The van der Waals surface area contributed by atoms with Crippen molar-refractivity contribution in [1.29, 1.82) is 0 Å². The highest BCUT2D eigenvalue weighted by atomic mass is 32.2. The molecule has 2 aliphatic heterocycles. The average molecular weight is 496 g/mol. The number of piperidine rings is 1. The predicted molar refractivity (Wildman–Crippen MR) is 139 cm³/mol. The summed E-state index contributed by atoms with van der Waals surface area (Å²) in [6, 6.07) is 10.3. The summed E-state index contributed by atoms with van der Waals surface area (Å²) in [5, 5.41) is 12.3. The predicted octanol–water partition coefficient (Wildman–Crippen LogP) is 3.42. The van der Waals surface area contributed by atoms with Crippen LogP contribution in [0.1, 0.15) is 61.8 Å². The van der Waals surface area contributed by atoms with Crippen molar-refractivity contribution in [2.75, 3.05) is 39.5 Å². The van der Waals surface area contributed by atoms with Gasteiger partial charge in [0.2, 0.25) is 10.0 Å². The lowest BCUT2D eigenvalue weighted by atomic mass is 9.62. The van der Waals surface area contributed by atoms with E-state index in [1.807, 2.05) is 18.2 Å². The van der Waals surface area contributed by atoms with Crippen LogP contribution in [0.5, 0.6) is 0 Å². The van der Waals surface area contributed by atoms with Gasteiger partial charge in [-0.05, 0) is 43.0 Å². The summed E-state index contributed by atoms with van der Waals surface area (Å²) in [6.45, 7) is 9.05. The maximum absolute atomic E-state index is 12.3. The molecule has 0 saturated carbocycles. The van der Waals surface area contributed by atoms with Gasteiger partial charge >= 0.3 is 0 Å². The van der Waals surface area contributed by atoms with Crippen LogP contribution in [0.25, 0.3) is 0 Å². The molecule has 0 aliphatic carbocycles. The normalized spacial score (nSPS) is 21.1. The van der Waals surface area contributed by atoms with Crippen molar-refractivity contribution in [3.63, 3.8) is 0 Å². The van der Waals surface area contributed by atoms with Gasteiger partial charge in [0.1, 0.15) is 5.60 Å². The minimum atomic E-state index is -3.14. The molecule has 0 spiro atoms. The van der Waals surface area contributed by atoms with Crippen molar-refractivity contribution in [3.8, 4) is 11.8 Å². The molecule has 2 aliphatic rings. The maximum atomic E-state index is 12.3. The number of likely N-dealkylation sites (tertiary alicyclic amines) is 1.